The van der Waals surface area contributed by atoms with Gasteiger partial charge in [0.25, 0.3) is 0 Å². The van der Waals surface area contributed by atoms with Crippen LogP contribution in [-0.2, 0) is 0 Å². The molecule has 2 N–H and O–H groups in total. The molecule has 1 heterocycles. The van der Waals surface area contributed by atoms with Gasteiger partial charge in [-0.1, -0.05) is 27.4 Å². The van der Waals surface area contributed by atoms with Crippen LogP contribution in [0.3, 0.4) is 0 Å². The second-order valence-corrected chi connectivity index (χ2v) is 3.34. The number of nitrogens with zero attached hydrogens (tertiary/aromatic N) is 3. The predicted octanol–water partition coefficient (Wildman–Crippen LogP) is 1.97. The molecule has 4 nitrogen and oxygen atoms in total. The molecule has 0 spiro atoms. The molecule has 1 rings (SSSR count). The van der Waals surface area contributed by atoms with Crippen LogP contribution in [0.4, 0.5) is 0 Å². The van der Waals surface area contributed by atoms with E-state index in [1.54, 1.807) is 12.3 Å². The summed E-state index contributed by atoms with van der Waals surface area (Å²) in [6.45, 7) is 10.0. The molecule has 0 radical (unpaired) electrons. The molecule has 4 heteroatoms. The molecule has 0 saturated heterocycles. The maximum absolute atomic E-state index is 5.15. The maximum atomic E-state index is 5.15. The Morgan fingerprint density at radius 2 is 2.07 bits per heavy atom. The van der Waals surface area contributed by atoms with Crippen LogP contribution in [0.15, 0.2) is 19.1 Å². The number of nitrogens with two attached hydrogens (primary N) is 1. The number of hydrogen-bond acceptors (Lipinski definition) is 3. The average molecular weight is 194 g/mol. The van der Waals surface area contributed by atoms with Crippen LogP contribution < -0.4 is 5.73 Å². The summed E-state index contributed by atoms with van der Waals surface area (Å²) >= 11 is 0. The summed E-state index contributed by atoms with van der Waals surface area (Å²) in [4.78, 5) is 3.89. The van der Waals surface area contributed by atoms with E-state index in [-0.39, 0.29) is 0 Å². The predicted molar refractivity (Wildman–Crippen MR) is 60.1 cm³/mol. The van der Waals surface area contributed by atoms with Crippen LogP contribution in [0.5, 0.6) is 0 Å². The standard InChI is InChI=1S/C6H8N4.C4H10/c1-2-10-6(3-4-7)8-5-9-10;1-4(2)3/h2-5H,1,7H2;4H,1-3H3/b4-3-;. The van der Waals surface area contributed by atoms with E-state index in [2.05, 4.69) is 37.4 Å². The molecular formula is C10H18N4. The molecule has 78 valence electrons. The van der Waals surface area contributed by atoms with E-state index < -0.39 is 0 Å². The van der Waals surface area contributed by atoms with Crippen molar-refractivity contribution in [2.24, 2.45) is 11.7 Å². The monoisotopic (exact) mass is 194 g/mol. The van der Waals surface area contributed by atoms with Crippen molar-refractivity contribution in [1.29, 1.82) is 0 Å². The highest BCUT2D eigenvalue weighted by atomic mass is 15.3. The molecule has 1 aromatic heterocycles. The lowest BCUT2D eigenvalue weighted by Gasteiger charge is -1.89. The number of hydrogen-bond donors (Lipinski definition) is 1. The van der Waals surface area contributed by atoms with Crippen LogP contribution in [0, 0.1) is 5.92 Å². The molecular weight excluding hydrogens is 176 g/mol. The Balaban J connectivity index is 0.000000364. The van der Waals surface area contributed by atoms with Gasteiger partial charge in [-0.3, -0.25) is 0 Å². The van der Waals surface area contributed by atoms with Gasteiger partial charge in [0.05, 0.1) is 0 Å². The Morgan fingerprint density at radius 3 is 2.50 bits per heavy atom. The summed E-state index contributed by atoms with van der Waals surface area (Å²) in [5.74, 6) is 1.51. The summed E-state index contributed by atoms with van der Waals surface area (Å²) in [7, 11) is 0. The molecule has 0 amide bonds. The second kappa shape index (κ2) is 6.88. The molecule has 0 aromatic carbocycles. The minimum absolute atomic E-state index is 0.678. The summed E-state index contributed by atoms with van der Waals surface area (Å²) < 4.78 is 1.53. The van der Waals surface area contributed by atoms with Gasteiger partial charge in [0, 0.05) is 6.20 Å². The lowest BCUT2D eigenvalue weighted by Crippen LogP contribution is -1.91. The van der Waals surface area contributed by atoms with Gasteiger partial charge in [-0.2, -0.15) is 5.10 Å². The van der Waals surface area contributed by atoms with Gasteiger partial charge in [-0.15, -0.1) is 0 Å². The highest BCUT2D eigenvalue weighted by Gasteiger charge is 1.92. The Hall–Kier alpha value is -1.58. The first-order valence-corrected chi connectivity index (χ1v) is 4.52. The second-order valence-electron chi connectivity index (χ2n) is 3.34. The fourth-order valence-electron chi connectivity index (χ4n) is 0.605. The quantitative estimate of drug-likeness (QED) is 0.783. The van der Waals surface area contributed by atoms with E-state index in [1.807, 2.05) is 0 Å². The van der Waals surface area contributed by atoms with Crippen molar-refractivity contribution in [2.75, 3.05) is 0 Å². The van der Waals surface area contributed by atoms with Gasteiger partial charge in [0.15, 0.2) is 5.82 Å². The minimum Gasteiger partial charge on any atom is -0.404 e. The van der Waals surface area contributed by atoms with Crippen LogP contribution in [0.2, 0.25) is 0 Å². The molecule has 0 fully saturated rings. The largest absolute Gasteiger partial charge is 0.404 e. The summed E-state index contributed by atoms with van der Waals surface area (Å²) in [6.07, 6.45) is 6.05. The van der Waals surface area contributed by atoms with Crippen LogP contribution in [0.1, 0.15) is 26.6 Å². The number of rotatable bonds is 2. The van der Waals surface area contributed by atoms with Crippen LogP contribution >= 0.6 is 0 Å². The van der Waals surface area contributed by atoms with E-state index in [4.69, 9.17) is 5.73 Å². The molecule has 1 aromatic rings. The van der Waals surface area contributed by atoms with Crippen LogP contribution in [0.25, 0.3) is 12.3 Å². The molecule has 0 saturated carbocycles. The Bertz CT molecular complexity index is 283. The van der Waals surface area contributed by atoms with E-state index in [0.29, 0.717) is 5.82 Å². The Labute approximate surface area is 85.1 Å². The molecule has 0 aliphatic carbocycles. The zero-order chi connectivity index (χ0) is 11.0. The lowest BCUT2D eigenvalue weighted by molar-refractivity contribution is 0.737. The van der Waals surface area contributed by atoms with Gasteiger partial charge < -0.3 is 5.73 Å². The Kier molecular flexibility index (Phi) is 6.11. The SMILES string of the molecule is C=Cn1ncnc1/C=C\N.CC(C)C. The van der Waals surface area contributed by atoms with E-state index >= 15 is 0 Å². The highest BCUT2D eigenvalue weighted by molar-refractivity contribution is 5.41. The third-order valence-electron chi connectivity index (χ3n) is 1.02. The first-order chi connectivity index (χ1) is 6.61. The normalized spacial score (nSPS) is 10.0. The van der Waals surface area contributed by atoms with Crippen molar-refractivity contribution in [3.05, 3.63) is 24.9 Å². The van der Waals surface area contributed by atoms with Crippen molar-refractivity contribution >= 4 is 12.3 Å². The molecule has 0 atom stereocenters. The topological polar surface area (TPSA) is 56.7 Å². The molecule has 0 unspecified atom stereocenters. The lowest BCUT2D eigenvalue weighted by atomic mass is 10.3. The van der Waals surface area contributed by atoms with Gasteiger partial charge in [0.2, 0.25) is 0 Å². The minimum atomic E-state index is 0.678. The first-order valence-electron chi connectivity index (χ1n) is 4.52. The smallest absolute Gasteiger partial charge is 0.156 e. The zero-order valence-corrected chi connectivity index (χ0v) is 9.01. The maximum Gasteiger partial charge on any atom is 0.156 e. The van der Waals surface area contributed by atoms with Gasteiger partial charge >= 0.3 is 0 Å². The molecule has 0 aliphatic rings. The van der Waals surface area contributed by atoms with Crippen molar-refractivity contribution in [3.8, 4) is 0 Å². The van der Waals surface area contributed by atoms with E-state index in [1.165, 1.54) is 17.2 Å². The van der Waals surface area contributed by atoms with Crippen molar-refractivity contribution < 1.29 is 0 Å². The first kappa shape index (κ1) is 12.4. The van der Waals surface area contributed by atoms with Crippen molar-refractivity contribution in [2.45, 2.75) is 20.8 Å². The number of aromatic nitrogens is 3. The third kappa shape index (κ3) is 5.13. The fraction of sp³-hybridized carbons (Fsp3) is 0.400. The van der Waals surface area contributed by atoms with E-state index in [9.17, 15) is 0 Å². The zero-order valence-electron chi connectivity index (χ0n) is 9.01. The van der Waals surface area contributed by atoms with Crippen molar-refractivity contribution in [1.82, 2.24) is 14.8 Å². The summed E-state index contributed by atoms with van der Waals surface area (Å²) in [5.41, 5.74) is 5.15. The van der Waals surface area contributed by atoms with Gasteiger partial charge in [-0.25, -0.2) is 9.67 Å². The third-order valence-corrected chi connectivity index (χ3v) is 1.02. The van der Waals surface area contributed by atoms with Gasteiger partial charge in [-0.05, 0) is 18.2 Å². The summed E-state index contributed by atoms with van der Waals surface area (Å²) in [6, 6.07) is 0. The van der Waals surface area contributed by atoms with E-state index in [0.717, 1.165) is 5.92 Å². The molecule has 0 aliphatic heterocycles. The Morgan fingerprint density at radius 1 is 1.50 bits per heavy atom. The molecule has 14 heavy (non-hydrogen) atoms. The summed E-state index contributed by atoms with van der Waals surface area (Å²) in [5, 5.41) is 3.83. The average Bonchev–Trinajstić information content (AvgIpc) is 2.51. The van der Waals surface area contributed by atoms with Gasteiger partial charge in [0.1, 0.15) is 6.33 Å². The molecule has 0 bridgehead atoms. The fourth-order valence-corrected chi connectivity index (χ4v) is 0.605. The highest BCUT2D eigenvalue weighted by Crippen LogP contribution is 1.94. The van der Waals surface area contributed by atoms with Crippen LogP contribution in [-0.4, -0.2) is 14.8 Å². The van der Waals surface area contributed by atoms with Crippen molar-refractivity contribution in [3.63, 3.8) is 0 Å².